The zero-order chi connectivity index (χ0) is 11.0. The van der Waals surface area contributed by atoms with E-state index in [0.717, 1.165) is 18.4 Å². The van der Waals surface area contributed by atoms with Gasteiger partial charge in [0.2, 0.25) is 0 Å². The van der Waals surface area contributed by atoms with Crippen molar-refractivity contribution in [2.75, 3.05) is 13.1 Å². The highest BCUT2D eigenvalue weighted by Crippen LogP contribution is 2.28. The maximum absolute atomic E-state index is 13.1. The summed E-state index contributed by atoms with van der Waals surface area (Å²) < 4.78 is 13.1. The maximum atomic E-state index is 13.1. The van der Waals surface area contributed by atoms with Gasteiger partial charge in [-0.2, -0.15) is 0 Å². The molecule has 0 N–H and O–H groups in total. The number of likely N-dealkylation sites (tertiary alicyclic amines) is 1. The first-order chi connectivity index (χ1) is 7.83. The van der Waals surface area contributed by atoms with Gasteiger partial charge in [-0.25, -0.2) is 4.39 Å². The molecule has 0 bridgehead atoms. The minimum absolute atomic E-state index is 0.114. The Morgan fingerprint density at radius 2 is 1.88 bits per heavy atom. The summed E-state index contributed by atoms with van der Waals surface area (Å²) in [5.41, 5.74) is 3.80. The third kappa shape index (κ3) is 1.73. The van der Waals surface area contributed by atoms with Crippen molar-refractivity contribution in [3.8, 4) is 0 Å². The van der Waals surface area contributed by atoms with Crippen molar-refractivity contribution in [3.63, 3.8) is 0 Å². The fraction of sp³-hybridized carbons (Fsp3) is 0.429. The van der Waals surface area contributed by atoms with Gasteiger partial charge in [-0.15, -0.1) is 0 Å². The van der Waals surface area contributed by atoms with Crippen LogP contribution in [0.4, 0.5) is 4.39 Å². The van der Waals surface area contributed by atoms with Crippen molar-refractivity contribution < 1.29 is 4.39 Å². The van der Waals surface area contributed by atoms with Crippen LogP contribution in [0, 0.1) is 5.82 Å². The molecule has 0 spiro atoms. The number of rotatable bonds is 1. The molecule has 1 aromatic carbocycles. The number of allylic oxidation sites excluding steroid dienone is 1. The highest BCUT2D eigenvalue weighted by molar-refractivity contribution is 5.59. The van der Waals surface area contributed by atoms with Crippen LogP contribution in [0.3, 0.4) is 0 Å². The van der Waals surface area contributed by atoms with Crippen LogP contribution in [0.15, 0.2) is 23.9 Å². The van der Waals surface area contributed by atoms with Crippen LogP contribution in [-0.2, 0) is 6.42 Å². The summed E-state index contributed by atoms with van der Waals surface area (Å²) in [7, 11) is 0. The lowest BCUT2D eigenvalue weighted by molar-refractivity contribution is 0.411. The van der Waals surface area contributed by atoms with Crippen LogP contribution in [-0.4, -0.2) is 18.0 Å². The van der Waals surface area contributed by atoms with Gasteiger partial charge in [0, 0.05) is 18.8 Å². The predicted octanol–water partition coefficient (Wildman–Crippen LogP) is 3.21. The number of fused-ring (bicyclic) bond motifs is 1. The molecule has 0 unspecified atom stereocenters. The third-order valence-corrected chi connectivity index (χ3v) is 3.59. The largest absolute Gasteiger partial charge is 0.375 e. The van der Waals surface area contributed by atoms with E-state index < -0.39 is 0 Å². The smallest absolute Gasteiger partial charge is 0.123 e. The van der Waals surface area contributed by atoms with Gasteiger partial charge in [-0.3, -0.25) is 0 Å². The maximum Gasteiger partial charge on any atom is 0.123 e. The van der Waals surface area contributed by atoms with E-state index in [9.17, 15) is 4.39 Å². The van der Waals surface area contributed by atoms with E-state index in [1.165, 1.54) is 37.2 Å². The Balaban J connectivity index is 1.91. The zero-order valence-electron chi connectivity index (χ0n) is 9.38. The van der Waals surface area contributed by atoms with Crippen molar-refractivity contribution in [1.82, 2.24) is 4.90 Å². The second-order valence-electron chi connectivity index (χ2n) is 4.67. The van der Waals surface area contributed by atoms with Gasteiger partial charge in [0.25, 0.3) is 0 Å². The molecule has 0 amide bonds. The molecule has 1 nitrogen and oxygen atoms in total. The molecule has 1 aliphatic carbocycles. The lowest BCUT2D eigenvalue weighted by Crippen LogP contribution is -2.20. The Hall–Kier alpha value is -1.31. The van der Waals surface area contributed by atoms with E-state index in [-0.39, 0.29) is 5.82 Å². The zero-order valence-corrected chi connectivity index (χ0v) is 9.38. The quantitative estimate of drug-likeness (QED) is 0.698. The van der Waals surface area contributed by atoms with Crippen LogP contribution >= 0.6 is 0 Å². The summed E-state index contributed by atoms with van der Waals surface area (Å²) in [6.07, 6.45) is 6.91. The lowest BCUT2D eigenvalue weighted by Gasteiger charge is -2.25. The molecule has 1 aliphatic heterocycles. The Kier molecular flexibility index (Phi) is 2.43. The summed E-state index contributed by atoms with van der Waals surface area (Å²) >= 11 is 0. The number of halogens is 1. The van der Waals surface area contributed by atoms with Crippen LogP contribution in [0.25, 0.3) is 6.08 Å². The third-order valence-electron chi connectivity index (χ3n) is 3.59. The van der Waals surface area contributed by atoms with Gasteiger partial charge in [0.1, 0.15) is 5.82 Å². The second-order valence-corrected chi connectivity index (χ2v) is 4.67. The SMILES string of the molecule is Fc1ccc2c(c1)CCC(N1CCCC1)=C2. The lowest BCUT2D eigenvalue weighted by atomic mass is 9.95. The van der Waals surface area contributed by atoms with Gasteiger partial charge in [0.05, 0.1) is 0 Å². The van der Waals surface area contributed by atoms with Gasteiger partial charge in [-0.1, -0.05) is 6.07 Å². The molecule has 3 rings (SSSR count). The van der Waals surface area contributed by atoms with E-state index in [1.54, 1.807) is 12.1 Å². The normalized spacial score (nSPS) is 19.6. The van der Waals surface area contributed by atoms with E-state index in [0.29, 0.717) is 0 Å². The Labute approximate surface area is 95.6 Å². The summed E-state index contributed by atoms with van der Waals surface area (Å²) in [4.78, 5) is 2.48. The monoisotopic (exact) mass is 217 g/mol. The van der Waals surface area contributed by atoms with Crippen molar-refractivity contribution in [2.24, 2.45) is 0 Å². The van der Waals surface area contributed by atoms with Gasteiger partial charge < -0.3 is 4.90 Å². The fourth-order valence-corrected chi connectivity index (χ4v) is 2.70. The molecule has 2 aliphatic rings. The summed E-state index contributed by atoms with van der Waals surface area (Å²) in [6.45, 7) is 2.39. The molecule has 84 valence electrons. The van der Waals surface area contributed by atoms with Gasteiger partial charge in [0.15, 0.2) is 0 Å². The number of aryl methyl sites for hydroxylation is 1. The van der Waals surface area contributed by atoms with Crippen molar-refractivity contribution >= 4 is 6.08 Å². The first-order valence-corrected chi connectivity index (χ1v) is 6.07. The molecule has 0 saturated carbocycles. The predicted molar refractivity (Wildman–Crippen MR) is 63.5 cm³/mol. The Bertz CT molecular complexity index is 430. The number of hydrogen-bond donors (Lipinski definition) is 0. The Morgan fingerprint density at radius 3 is 2.69 bits per heavy atom. The van der Waals surface area contributed by atoms with Crippen molar-refractivity contribution in [1.29, 1.82) is 0 Å². The molecule has 2 heteroatoms. The van der Waals surface area contributed by atoms with Crippen LogP contribution in [0.5, 0.6) is 0 Å². The minimum atomic E-state index is -0.114. The second kappa shape index (κ2) is 3.93. The highest BCUT2D eigenvalue weighted by atomic mass is 19.1. The molecule has 1 saturated heterocycles. The van der Waals surface area contributed by atoms with Crippen molar-refractivity contribution in [3.05, 3.63) is 40.8 Å². The standard InChI is InChI=1S/C14H16FN/c15-13-5-3-12-10-14(6-4-11(12)9-13)16-7-1-2-8-16/h3,5,9-10H,1-2,4,6-8H2. The minimum Gasteiger partial charge on any atom is -0.375 e. The number of benzene rings is 1. The van der Waals surface area contributed by atoms with Gasteiger partial charge >= 0.3 is 0 Å². The van der Waals surface area contributed by atoms with E-state index >= 15 is 0 Å². The number of hydrogen-bond acceptors (Lipinski definition) is 1. The first-order valence-electron chi connectivity index (χ1n) is 6.07. The fourth-order valence-electron chi connectivity index (χ4n) is 2.70. The van der Waals surface area contributed by atoms with Crippen LogP contribution in [0.2, 0.25) is 0 Å². The first kappa shape index (κ1) is 9.88. The molecule has 1 heterocycles. The molecule has 16 heavy (non-hydrogen) atoms. The highest BCUT2D eigenvalue weighted by Gasteiger charge is 2.18. The average Bonchev–Trinajstić information content (AvgIpc) is 2.82. The van der Waals surface area contributed by atoms with Crippen molar-refractivity contribution in [2.45, 2.75) is 25.7 Å². The summed E-state index contributed by atoms with van der Waals surface area (Å²) in [6, 6.07) is 5.13. The number of nitrogens with zero attached hydrogens (tertiary/aromatic N) is 1. The molecular formula is C14H16FN. The average molecular weight is 217 g/mol. The van der Waals surface area contributed by atoms with Gasteiger partial charge in [-0.05, 0) is 55.0 Å². The molecule has 1 aromatic rings. The molecule has 0 radical (unpaired) electrons. The van der Waals surface area contributed by atoms with E-state index in [2.05, 4.69) is 11.0 Å². The van der Waals surface area contributed by atoms with E-state index in [4.69, 9.17) is 0 Å². The van der Waals surface area contributed by atoms with E-state index in [1.807, 2.05) is 6.07 Å². The van der Waals surface area contributed by atoms with Crippen LogP contribution in [0.1, 0.15) is 30.4 Å². The summed E-state index contributed by atoms with van der Waals surface area (Å²) in [5.74, 6) is -0.114. The summed E-state index contributed by atoms with van der Waals surface area (Å²) in [5, 5.41) is 0. The Morgan fingerprint density at radius 1 is 1.06 bits per heavy atom. The van der Waals surface area contributed by atoms with Crippen LogP contribution < -0.4 is 0 Å². The molecule has 0 atom stereocenters. The molecular weight excluding hydrogens is 201 g/mol. The molecule has 1 fully saturated rings. The topological polar surface area (TPSA) is 3.24 Å². The molecule has 0 aromatic heterocycles.